The molecule has 3 atom stereocenters. The van der Waals surface area contributed by atoms with Crippen LogP contribution in [0, 0.1) is 17.8 Å². The number of benzene rings is 3. The van der Waals surface area contributed by atoms with Crippen LogP contribution in [-0.2, 0) is 30.3 Å². The minimum atomic E-state index is -1.09. The van der Waals surface area contributed by atoms with Crippen LogP contribution in [0.1, 0.15) is 66.8 Å². The summed E-state index contributed by atoms with van der Waals surface area (Å²) in [6.07, 6.45) is 1.14. The van der Waals surface area contributed by atoms with Crippen LogP contribution in [0.2, 0.25) is 0 Å². The Balaban J connectivity index is 1.25. The van der Waals surface area contributed by atoms with Gasteiger partial charge in [-0.3, -0.25) is 19.3 Å². The number of rotatable bonds is 8. The molecule has 3 aromatic rings. The van der Waals surface area contributed by atoms with Gasteiger partial charge in [-0.2, -0.15) is 0 Å². The van der Waals surface area contributed by atoms with Crippen LogP contribution in [0.15, 0.2) is 72.8 Å². The largest absolute Gasteiger partial charge is 0.454 e. The molecule has 0 saturated carbocycles. The number of hydrogen-bond donors (Lipinski definition) is 1. The Labute approximate surface area is 239 Å². The van der Waals surface area contributed by atoms with Gasteiger partial charge in [0, 0.05) is 17.5 Å². The molecule has 0 radical (unpaired) electrons. The molecule has 3 aliphatic carbocycles. The summed E-state index contributed by atoms with van der Waals surface area (Å²) in [5.74, 6) is -3.53. The van der Waals surface area contributed by atoms with Crippen molar-refractivity contribution >= 4 is 29.4 Å². The number of imide groups is 1. The number of likely N-dealkylation sites (tertiary alicyclic amines) is 1. The van der Waals surface area contributed by atoms with Crippen LogP contribution in [0.4, 0.5) is 5.69 Å². The zero-order valence-electron chi connectivity index (χ0n) is 23.5. The minimum Gasteiger partial charge on any atom is -0.454 e. The summed E-state index contributed by atoms with van der Waals surface area (Å²) >= 11 is 0. The molecular formula is C34H34N2O5. The van der Waals surface area contributed by atoms with Gasteiger partial charge in [0.1, 0.15) is 6.04 Å². The fourth-order valence-corrected chi connectivity index (χ4v) is 7.01. The lowest BCUT2D eigenvalue weighted by Gasteiger charge is -2.45. The second-order valence-electron chi connectivity index (χ2n) is 11.7. The Morgan fingerprint density at radius 1 is 0.805 bits per heavy atom. The molecule has 210 valence electrons. The molecule has 3 aromatic carbocycles. The van der Waals surface area contributed by atoms with Crippen molar-refractivity contribution < 1.29 is 23.9 Å². The summed E-state index contributed by atoms with van der Waals surface area (Å²) in [7, 11) is 0. The average Bonchev–Trinajstić information content (AvgIpc) is 3.24. The predicted molar refractivity (Wildman–Crippen MR) is 154 cm³/mol. The third-order valence-corrected chi connectivity index (χ3v) is 8.75. The number of esters is 1. The minimum absolute atomic E-state index is 0.00722. The van der Waals surface area contributed by atoms with Crippen molar-refractivity contribution in [3.05, 3.63) is 101 Å². The first kappa shape index (κ1) is 26.9. The highest BCUT2D eigenvalue weighted by molar-refractivity contribution is 6.10. The maximum absolute atomic E-state index is 14.1. The number of anilines is 1. The number of hydrogen-bond acceptors (Lipinski definition) is 5. The van der Waals surface area contributed by atoms with Gasteiger partial charge >= 0.3 is 5.97 Å². The fraction of sp³-hybridized carbons (Fsp3) is 0.353. The molecule has 41 heavy (non-hydrogen) atoms. The smallest absolute Gasteiger partial charge is 0.329 e. The van der Waals surface area contributed by atoms with Crippen molar-refractivity contribution in [3.8, 4) is 0 Å². The van der Waals surface area contributed by atoms with Crippen molar-refractivity contribution in [2.45, 2.75) is 51.5 Å². The lowest BCUT2D eigenvalue weighted by molar-refractivity contribution is -0.160. The van der Waals surface area contributed by atoms with E-state index < -0.39 is 36.4 Å². The Hall–Kier alpha value is -4.26. The number of ether oxygens (including phenoxy) is 1. The van der Waals surface area contributed by atoms with E-state index in [9.17, 15) is 19.2 Å². The molecule has 7 nitrogen and oxygen atoms in total. The SMILES string of the molecule is CCc1ccc(NC(=O)COC(=O)[C@H](CC(C)C)N2C(=O)[C@@H]3C4c5ccccc5C(c5ccccc54)[C@@H]3C2=O)cc1. The van der Waals surface area contributed by atoms with Crippen molar-refractivity contribution in [1.82, 2.24) is 4.90 Å². The molecule has 1 fully saturated rings. The van der Waals surface area contributed by atoms with Crippen molar-refractivity contribution in [3.63, 3.8) is 0 Å². The van der Waals surface area contributed by atoms with E-state index in [0.717, 1.165) is 39.1 Å². The van der Waals surface area contributed by atoms with Gasteiger partial charge in [0.15, 0.2) is 6.61 Å². The first-order valence-electron chi connectivity index (χ1n) is 14.4. The fourth-order valence-electron chi connectivity index (χ4n) is 7.01. The normalized spacial score (nSPS) is 22.7. The standard InChI is InChI=1S/C34H34N2O5/c1-4-20-13-15-21(16-14-20)35-27(37)18-41-34(40)26(17-19(2)3)36-32(38)30-28-22-9-5-6-10-23(22)29(31(30)33(36)39)25-12-8-7-11-24(25)28/h5-16,19,26,28-31H,4,17-18H2,1-3H3,(H,35,37)/t26-,28?,29?,30-,31+/m0/s1. The summed E-state index contributed by atoms with van der Waals surface area (Å²) in [6.45, 7) is 5.41. The molecule has 7 rings (SSSR count). The van der Waals surface area contributed by atoms with Gasteiger partial charge in [0.25, 0.3) is 5.91 Å². The molecule has 1 saturated heterocycles. The number of carbonyl (C=O) groups excluding carboxylic acids is 4. The number of carbonyl (C=O) groups is 4. The molecule has 0 aromatic heterocycles. The summed E-state index contributed by atoms with van der Waals surface area (Å²) in [5.41, 5.74) is 6.05. The van der Waals surface area contributed by atoms with Crippen LogP contribution in [0.25, 0.3) is 0 Å². The summed E-state index contributed by atoms with van der Waals surface area (Å²) in [6, 6.07) is 22.4. The monoisotopic (exact) mass is 550 g/mol. The number of nitrogens with zero attached hydrogens (tertiary/aromatic N) is 1. The lowest BCUT2D eigenvalue weighted by atomic mass is 9.55. The van der Waals surface area contributed by atoms with Crippen molar-refractivity contribution in [2.24, 2.45) is 17.8 Å². The molecule has 7 heteroatoms. The lowest BCUT2D eigenvalue weighted by Crippen LogP contribution is -2.47. The highest BCUT2D eigenvalue weighted by Gasteiger charge is 2.63. The second-order valence-corrected chi connectivity index (χ2v) is 11.7. The zero-order chi connectivity index (χ0) is 28.8. The summed E-state index contributed by atoms with van der Waals surface area (Å²) in [5, 5.41) is 2.73. The predicted octanol–water partition coefficient (Wildman–Crippen LogP) is 5.04. The van der Waals surface area contributed by atoms with E-state index in [4.69, 9.17) is 4.74 Å². The Morgan fingerprint density at radius 3 is 1.73 bits per heavy atom. The third-order valence-electron chi connectivity index (χ3n) is 8.75. The van der Waals surface area contributed by atoms with Gasteiger partial charge in [-0.05, 0) is 58.7 Å². The second kappa shape index (κ2) is 10.6. The topological polar surface area (TPSA) is 92.8 Å². The number of amides is 3. The maximum Gasteiger partial charge on any atom is 0.329 e. The van der Waals surface area contributed by atoms with E-state index in [-0.39, 0.29) is 36.0 Å². The van der Waals surface area contributed by atoms with E-state index in [1.54, 1.807) is 12.1 Å². The van der Waals surface area contributed by atoms with Gasteiger partial charge in [0.05, 0.1) is 11.8 Å². The van der Waals surface area contributed by atoms with Crippen LogP contribution >= 0.6 is 0 Å². The molecule has 0 unspecified atom stereocenters. The van der Waals surface area contributed by atoms with Gasteiger partial charge in [-0.25, -0.2) is 4.79 Å². The molecule has 0 spiro atoms. The van der Waals surface area contributed by atoms with Crippen LogP contribution in [0.3, 0.4) is 0 Å². The van der Waals surface area contributed by atoms with E-state index in [0.29, 0.717) is 5.69 Å². The number of aryl methyl sites for hydroxylation is 1. The van der Waals surface area contributed by atoms with E-state index in [1.165, 1.54) is 0 Å². The van der Waals surface area contributed by atoms with Crippen LogP contribution in [0.5, 0.6) is 0 Å². The number of nitrogens with one attached hydrogen (secondary N) is 1. The first-order valence-corrected chi connectivity index (χ1v) is 14.4. The van der Waals surface area contributed by atoms with E-state index in [2.05, 4.69) is 5.32 Å². The highest BCUT2D eigenvalue weighted by atomic mass is 16.5. The molecule has 1 N–H and O–H groups in total. The summed E-state index contributed by atoms with van der Waals surface area (Å²) < 4.78 is 5.44. The zero-order valence-corrected chi connectivity index (χ0v) is 23.5. The van der Waals surface area contributed by atoms with Gasteiger partial charge in [-0.1, -0.05) is 81.4 Å². The Morgan fingerprint density at radius 2 is 1.29 bits per heavy atom. The molecule has 1 heterocycles. The molecular weight excluding hydrogens is 516 g/mol. The van der Waals surface area contributed by atoms with Crippen LogP contribution < -0.4 is 5.32 Å². The van der Waals surface area contributed by atoms with E-state index in [1.807, 2.05) is 81.4 Å². The van der Waals surface area contributed by atoms with Gasteiger partial charge < -0.3 is 10.1 Å². The van der Waals surface area contributed by atoms with E-state index >= 15 is 0 Å². The molecule has 3 amide bonds. The Bertz CT molecular complexity index is 1410. The van der Waals surface area contributed by atoms with Crippen molar-refractivity contribution in [1.29, 1.82) is 0 Å². The van der Waals surface area contributed by atoms with Crippen molar-refractivity contribution in [2.75, 3.05) is 11.9 Å². The van der Waals surface area contributed by atoms with Gasteiger partial charge in [0.2, 0.25) is 11.8 Å². The summed E-state index contributed by atoms with van der Waals surface area (Å²) in [4.78, 5) is 55.5. The quantitative estimate of drug-likeness (QED) is 0.314. The van der Waals surface area contributed by atoms with Gasteiger partial charge in [-0.15, -0.1) is 0 Å². The molecule has 1 aliphatic heterocycles. The maximum atomic E-state index is 14.1. The average molecular weight is 551 g/mol. The molecule has 2 bridgehead atoms. The Kier molecular flexibility index (Phi) is 6.98. The third kappa shape index (κ3) is 4.53. The first-order chi connectivity index (χ1) is 19.8. The molecule has 4 aliphatic rings. The highest BCUT2D eigenvalue weighted by Crippen LogP contribution is 2.61. The van der Waals surface area contributed by atoms with Crippen LogP contribution in [-0.4, -0.2) is 41.2 Å².